The van der Waals surface area contributed by atoms with Gasteiger partial charge in [0.25, 0.3) is 0 Å². The van der Waals surface area contributed by atoms with Crippen molar-refractivity contribution < 1.29 is 49.0 Å². The summed E-state index contributed by atoms with van der Waals surface area (Å²) in [6.45, 7) is 3.35. The molecule has 0 radical (unpaired) electrons. The van der Waals surface area contributed by atoms with E-state index in [1.54, 1.807) is 0 Å². The quantitative estimate of drug-likeness (QED) is 0.0207. The molecule has 0 aromatic rings. The summed E-state index contributed by atoms with van der Waals surface area (Å²) in [7, 11) is 0. The molecule has 10 nitrogen and oxygen atoms in total. The van der Waals surface area contributed by atoms with Gasteiger partial charge in [-0.05, 0) is 82.8 Å². The Balaban J connectivity index is 2.35. The van der Waals surface area contributed by atoms with E-state index in [2.05, 4.69) is 56.0 Å². The van der Waals surface area contributed by atoms with Gasteiger partial charge in [-0.15, -0.1) is 5.73 Å². The van der Waals surface area contributed by atoms with Crippen molar-refractivity contribution in [3.63, 3.8) is 0 Å². The molecule has 330 valence electrons. The lowest BCUT2D eigenvalue weighted by atomic mass is 9.99. The van der Waals surface area contributed by atoms with Crippen LogP contribution >= 0.6 is 0 Å². The zero-order chi connectivity index (χ0) is 41.6. The summed E-state index contributed by atoms with van der Waals surface area (Å²) in [5.74, 6) is -0.836. The molecule has 4 N–H and O–H groups in total. The number of rotatable bonds is 37. The molecule has 0 saturated carbocycles. The van der Waals surface area contributed by atoms with Crippen LogP contribution in [-0.4, -0.2) is 89.0 Å². The van der Waals surface area contributed by atoms with E-state index in [1.165, 1.54) is 77.0 Å². The van der Waals surface area contributed by atoms with Crippen molar-refractivity contribution in [2.45, 2.75) is 224 Å². The summed E-state index contributed by atoms with van der Waals surface area (Å²) in [5.41, 5.74) is 3.29. The number of unbranched alkanes of at least 4 members (excludes halogenated alkanes) is 20. The lowest BCUT2D eigenvalue weighted by Gasteiger charge is -2.39. The zero-order valence-electron chi connectivity index (χ0n) is 35.9. The second-order valence-corrected chi connectivity index (χ2v) is 15.6. The molecule has 1 heterocycles. The molecule has 1 aliphatic heterocycles. The molecule has 0 amide bonds. The third-order valence-corrected chi connectivity index (χ3v) is 10.3. The van der Waals surface area contributed by atoms with Crippen molar-refractivity contribution in [1.29, 1.82) is 0 Å². The lowest BCUT2D eigenvalue weighted by molar-refractivity contribution is -0.305. The van der Waals surface area contributed by atoms with Crippen LogP contribution in [0.4, 0.5) is 0 Å². The molecule has 1 aliphatic rings. The normalized spacial score (nSPS) is 20.1. The fourth-order valence-corrected chi connectivity index (χ4v) is 6.61. The molecule has 1 rings (SSSR count). The second kappa shape index (κ2) is 37.9. The molecule has 6 atom stereocenters. The molecule has 1 fully saturated rings. The third-order valence-electron chi connectivity index (χ3n) is 10.3. The fourth-order valence-electron chi connectivity index (χ4n) is 6.61. The summed E-state index contributed by atoms with van der Waals surface area (Å²) in [5, 5.41) is 40.1. The highest BCUT2D eigenvalue weighted by Crippen LogP contribution is 2.22. The van der Waals surface area contributed by atoms with E-state index in [9.17, 15) is 30.0 Å². The van der Waals surface area contributed by atoms with E-state index >= 15 is 0 Å². The number of carbonyl (C=O) groups excluding carboxylic acids is 2. The van der Waals surface area contributed by atoms with E-state index in [0.29, 0.717) is 12.8 Å². The zero-order valence-corrected chi connectivity index (χ0v) is 35.9. The topological polar surface area (TPSA) is 152 Å². The van der Waals surface area contributed by atoms with Crippen molar-refractivity contribution in [2.75, 3.05) is 19.8 Å². The smallest absolute Gasteiger partial charge is 0.306 e. The number of esters is 2. The van der Waals surface area contributed by atoms with Gasteiger partial charge in [0.15, 0.2) is 12.4 Å². The summed E-state index contributed by atoms with van der Waals surface area (Å²) in [6, 6.07) is 0. The minimum Gasteiger partial charge on any atom is -0.462 e. The molecule has 10 heteroatoms. The van der Waals surface area contributed by atoms with Gasteiger partial charge >= 0.3 is 11.9 Å². The Kier molecular flexibility index (Phi) is 35.1. The maximum Gasteiger partial charge on any atom is 0.306 e. The van der Waals surface area contributed by atoms with Gasteiger partial charge in [0.2, 0.25) is 0 Å². The number of hydrogen-bond acceptors (Lipinski definition) is 10. The van der Waals surface area contributed by atoms with Gasteiger partial charge in [-0.2, -0.15) is 0 Å². The standard InChI is InChI=1S/C47H82O10/c1-3-5-7-9-11-13-15-17-19-20-22-23-25-27-29-31-33-35-42(49)54-38-40(39-55-47-46(53)45(52)44(51)41(37-48)57-47)56-43(50)36-34-32-30-28-26-24-21-18-16-14-12-10-8-6-4-2/h11,13,16-17,19,21,40-41,44-48,51-53H,3-10,12,14-15,20,22-39H2,1-2H3/b13-11+,19-17+/t18?,40-,41-,44+,45?,46?,47-/m0/s1. The average Bonchev–Trinajstić information content (AvgIpc) is 3.21. The summed E-state index contributed by atoms with van der Waals surface area (Å²) < 4.78 is 22.1. The van der Waals surface area contributed by atoms with E-state index in [0.717, 1.165) is 70.6 Å². The van der Waals surface area contributed by atoms with E-state index in [-0.39, 0.29) is 32.0 Å². The van der Waals surface area contributed by atoms with Gasteiger partial charge < -0.3 is 39.4 Å². The molecule has 0 aliphatic carbocycles. The number of hydrogen-bond donors (Lipinski definition) is 4. The Morgan fingerprint density at radius 1 is 0.596 bits per heavy atom. The fraction of sp³-hybridized carbons (Fsp3) is 0.809. The molecule has 57 heavy (non-hydrogen) atoms. The molecular weight excluding hydrogens is 725 g/mol. The van der Waals surface area contributed by atoms with Crippen molar-refractivity contribution in [1.82, 2.24) is 0 Å². The maximum absolute atomic E-state index is 12.8. The molecular formula is C47H82O10. The Labute approximate surface area is 346 Å². The Morgan fingerprint density at radius 3 is 1.67 bits per heavy atom. The van der Waals surface area contributed by atoms with Crippen LogP contribution in [0, 0.1) is 0 Å². The number of aliphatic hydroxyl groups is 4. The van der Waals surface area contributed by atoms with Gasteiger partial charge in [0.05, 0.1) is 13.2 Å². The second-order valence-electron chi connectivity index (χ2n) is 15.6. The van der Waals surface area contributed by atoms with Gasteiger partial charge in [-0.3, -0.25) is 9.59 Å². The summed E-state index contributed by atoms with van der Waals surface area (Å²) in [4.78, 5) is 25.3. The Morgan fingerprint density at radius 2 is 1.09 bits per heavy atom. The Bertz CT molecular complexity index is 1080. The first-order chi connectivity index (χ1) is 27.8. The highest BCUT2D eigenvalue weighted by atomic mass is 16.7. The summed E-state index contributed by atoms with van der Waals surface area (Å²) >= 11 is 0. The Hall–Kier alpha value is -2.30. The first kappa shape index (κ1) is 52.7. The van der Waals surface area contributed by atoms with E-state index in [4.69, 9.17) is 18.9 Å². The van der Waals surface area contributed by atoms with Crippen molar-refractivity contribution in [3.05, 3.63) is 42.2 Å². The van der Waals surface area contributed by atoms with Gasteiger partial charge in [-0.25, -0.2) is 0 Å². The van der Waals surface area contributed by atoms with Crippen molar-refractivity contribution >= 4 is 11.9 Å². The van der Waals surface area contributed by atoms with Gasteiger partial charge in [-0.1, -0.05) is 128 Å². The third kappa shape index (κ3) is 29.5. The predicted molar refractivity (Wildman–Crippen MR) is 227 cm³/mol. The highest BCUT2D eigenvalue weighted by molar-refractivity contribution is 5.70. The van der Waals surface area contributed by atoms with Gasteiger partial charge in [0, 0.05) is 12.8 Å². The van der Waals surface area contributed by atoms with Crippen LogP contribution in [0.5, 0.6) is 0 Å². The number of ether oxygens (including phenoxy) is 4. The monoisotopic (exact) mass is 807 g/mol. The van der Waals surface area contributed by atoms with Crippen LogP contribution in [0.15, 0.2) is 42.2 Å². The molecule has 1 saturated heterocycles. The molecule has 0 spiro atoms. The van der Waals surface area contributed by atoms with Crippen LogP contribution in [0.25, 0.3) is 0 Å². The number of aliphatic hydroxyl groups excluding tert-OH is 4. The average molecular weight is 807 g/mol. The SMILES string of the molecule is CCCCC/C=C/C/C=C/CCCCCCCCCC(=O)OC[C@@H](CO[C@H]1O[C@@H](CO)[C@@H](O)C(O)C1O)OC(=O)CCCCCCCC=C=CCCCCCCC. The van der Waals surface area contributed by atoms with Crippen LogP contribution in [0.1, 0.15) is 187 Å². The maximum atomic E-state index is 12.8. The van der Waals surface area contributed by atoms with Crippen LogP contribution in [0.3, 0.4) is 0 Å². The van der Waals surface area contributed by atoms with Crippen LogP contribution < -0.4 is 0 Å². The van der Waals surface area contributed by atoms with Crippen molar-refractivity contribution in [2.24, 2.45) is 0 Å². The number of carbonyl (C=O) groups is 2. The first-order valence-corrected chi connectivity index (χ1v) is 22.8. The highest BCUT2D eigenvalue weighted by Gasteiger charge is 2.44. The largest absolute Gasteiger partial charge is 0.462 e. The minimum atomic E-state index is -1.60. The first-order valence-electron chi connectivity index (χ1n) is 22.8. The predicted octanol–water partition coefficient (Wildman–Crippen LogP) is 9.65. The summed E-state index contributed by atoms with van der Waals surface area (Å²) in [6.07, 6.45) is 33.5. The van der Waals surface area contributed by atoms with Gasteiger partial charge in [0.1, 0.15) is 31.0 Å². The van der Waals surface area contributed by atoms with Crippen molar-refractivity contribution in [3.8, 4) is 0 Å². The van der Waals surface area contributed by atoms with E-state index < -0.39 is 49.4 Å². The van der Waals surface area contributed by atoms with E-state index in [1.807, 2.05) is 0 Å². The van der Waals surface area contributed by atoms with Crippen LogP contribution in [-0.2, 0) is 28.5 Å². The van der Waals surface area contributed by atoms with Crippen LogP contribution in [0.2, 0.25) is 0 Å². The molecule has 2 unspecified atom stereocenters. The molecule has 0 aromatic heterocycles. The number of allylic oxidation sites excluding steroid dienone is 5. The lowest BCUT2D eigenvalue weighted by Crippen LogP contribution is -2.59. The minimum absolute atomic E-state index is 0.207. The molecule has 0 aromatic carbocycles. The molecule has 0 bridgehead atoms.